The topological polar surface area (TPSA) is 46.2 Å². The van der Waals surface area contributed by atoms with E-state index in [4.69, 9.17) is 10.8 Å². The van der Waals surface area contributed by atoms with E-state index in [-0.39, 0.29) is 12.1 Å². The zero-order chi connectivity index (χ0) is 9.45. The van der Waals surface area contributed by atoms with Crippen LogP contribution in [0.5, 0.6) is 0 Å². The molecule has 0 heterocycles. The average molecular weight is 191 g/mol. The lowest BCUT2D eigenvalue weighted by atomic mass is 10.0. The Morgan fingerprint density at radius 1 is 1.42 bits per heavy atom. The van der Waals surface area contributed by atoms with Crippen molar-refractivity contribution in [2.45, 2.75) is 38.6 Å². The van der Waals surface area contributed by atoms with E-state index >= 15 is 0 Å². The Bertz CT molecular complexity index is 107. The Morgan fingerprint density at radius 3 is 2.58 bits per heavy atom. The molecule has 0 saturated carbocycles. The predicted molar refractivity (Wildman–Crippen MR) is 56.5 cm³/mol. The number of unbranched alkanes of at least 4 members (excludes halogenated alkanes) is 1. The Balaban J connectivity index is 3.19. The number of aliphatic hydroxyl groups is 1. The van der Waals surface area contributed by atoms with Gasteiger partial charge in [-0.1, -0.05) is 13.3 Å². The maximum atomic E-state index is 8.86. The first kappa shape index (κ1) is 12.3. The molecule has 0 radical (unpaired) electrons. The van der Waals surface area contributed by atoms with Crippen LogP contribution >= 0.6 is 11.8 Å². The first-order valence-electron chi connectivity index (χ1n) is 4.60. The van der Waals surface area contributed by atoms with Gasteiger partial charge in [0.2, 0.25) is 0 Å². The van der Waals surface area contributed by atoms with E-state index in [1.54, 1.807) is 0 Å². The van der Waals surface area contributed by atoms with Gasteiger partial charge in [0.05, 0.1) is 6.61 Å². The van der Waals surface area contributed by atoms with Crippen molar-refractivity contribution in [3.05, 3.63) is 0 Å². The van der Waals surface area contributed by atoms with Crippen LogP contribution in [0.4, 0.5) is 0 Å². The Morgan fingerprint density at radius 2 is 2.08 bits per heavy atom. The van der Waals surface area contributed by atoms with Crippen LogP contribution in [0.3, 0.4) is 0 Å². The SMILES string of the molecule is CCCCSCCC(C)(N)CO. The van der Waals surface area contributed by atoms with Crippen molar-refractivity contribution in [3.63, 3.8) is 0 Å². The van der Waals surface area contributed by atoms with Gasteiger partial charge in [-0.15, -0.1) is 0 Å². The van der Waals surface area contributed by atoms with Crippen LogP contribution < -0.4 is 5.73 Å². The highest BCUT2D eigenvalue weighted by Gasteiger charge is 2.15. The highest BCUT2D eigenvalue weighted by Crippen LogP contribution is 2.12. The number of thioether (sulfide) groups is 1. The van der Waals surface area contributed by atoms with Crippen molar-refractivity contribution in [1.29, 1.82) is 0 Å². The van der Waals surface area contributed by atoms with E-state index in [1.807, 2.05) is 18.7 Å². The third kappa shape index (κ3) is 6.95. The van der Waals surface area contributed by atoms with Crippen LogP contribution in [0.1, 0.15) is 33.1 Å². The molecule has 0 saturated heterocycles. The first-order valence-corrected chi connectivity index (χ1v) is 5.75. The molecule has 12 heavy (non-hydrogen) atoms. The van der Waals surface area contributed by atoms with Gasteiger partial charge in [0.15, 0.2) is 0 Å². The lowest BCUT2D eigenvalue weighted by Gasteiger charge is -2.20. The molecule has 0 fully saturated rings. The molecule has 0 spiro atoms. The number of rotatable bonds is 7. The minimum absolute atomic E-state index is 0.0847. The fourth-order valence-corrected chi connectivity index (χ4v) is 2.04. The van der Waals surface area contributed by atoms with Crippen LogP contribution in [-0.2, 0) is 0 Å². The van der Waals surface area contributed by atoms with Crippen molar-refractivity contribution >= 4 is 11.8 Å². The van der Waals surface area contributed by atoms with Crippen LogP contribution in [0.15, 0.2) is 0 Å². The molecular weight excluding hydrogens is 170 g/mol. The van der Waals surface area contributed by atoms with Gasteiger partial charge >= 0.3 is 0 Å². The molecule has 0 aliphatic rings. The van der Waals surface area contributed by atoms with Gasteiger partial charge in [-0.05, 0) is 31.3 Å². The molecule has 3 heteroatoms. The van der Waals surface area contributed by atoms with Crippen LogP contribution in [-0.4, -0.2) is 28.8 Å². The largest absolute Gasteiger partial charge is 0.394 e. The second-order valence-corrected chi connectivity index (χ2v) is 4.75. The van der Waals surface area contributed by atoms with Gasteiger partial charge in [0.25, 0.3) is 0 Å². The van der Waals surface area contributed by atoms with Crippen molar-refractivity contribution < 1.29 is 5.11 Å². The predicted octanol–water partition coefficient (Wildman–Crippen LogP) is 1.62. The van der Waals surface area contributed by atoms with E-state index in [1.165, 1.54) is 18.6 Å². The Kier molecular flexibility index (Phi) is 6.90. The van der Waals surface area contributed by atoms with Gasteiger partial charge in [-0.3, -0.25) is 0 Å². The Labute approximate surface area is 79.9 Å². The van der Waals surface area contributed by atoms with Crippen LogP contribution in [0, 0.1) is 0 Å². The van der Waals surface area contributed by atoms with Crippen molar-refractivity contribution in [2.75, 3.05) is 18.1 Å². The second kappa shape index (κ2) is 6.75. The normalized spacial score (nSPS) is 16.0. The van der Waals surface area contributed by atoms with Gasteiger partial charge in [0.1, 0.15) is 0 Å². The molecular formula is C9H21NOS. The summed E-state index contributed by atoms with van der Waals surface area (Å²) in [6, 6.07) is 0. The summed E-state index contributed by atoms with van der Waals surface area (Å²) >= 11 is 1.93. The summed E-state index contributed by atoms with van der Waals surface area (Å²) in [4.78, 5) is 0. The van der Waals surface area contributed by atoms with E-state index in [2.05, 4.69) is 6.92 Å². The summed E-state index contributed by atoms with van der Waals surface area (Å²) in [5.41, 5.74) is 5.39. The maximum absolute atomic E-state index is 8.86. The summed E-state index contributed by atoms with van der Waals surface area (Å²) in [5, 5.41) is 8.86. The van der Waals surface area contributed by atoms with Gasteiger partial charge in [-0.2, -0.15) is 11.8 Å². The van der Waals surface area contributed by atoms with Crippen LogP contribution in [0.2, 0.25) is 0 Å². The number of hydrogen-bond acceptors (Lipinski definition) is 3. The number of hydrogen-bond donors (Lipinski definition) is 2. The molecule has 3 N–H and O–H groups in total. The molecule has 74 valence electrons. The Hall–Kier alpha value is 0.270. The fourth-order valence-electron chi connectivity index (χ4n) is 0.733. The van der Waals surface area contributed by atoms with E-state index < -0.39 is 0 Å². The fraction of sp³-hybridized carbons (Fsp3) is 1.00. The monoisotopic (exact) mass is 191 g/mol. The minimum atomic E-state index is -0.376. The average Bonchev–Trinajstić information content (AvgIpc) is 2.04. The molecule has 2 nitrogen and oxygen atoms in total. The zero-order valence-corrected chi connectivity index (χ0v) is 8.99. The van der Waals surface area contributed by atoms with Crippen molar-refractivity contribution in [3.8, 4) is 0 Å². The molecule has 0 bridgehead atoms. The minimum Gasteiger partial charge on any atom is -0.394 e. The smallest absolute Gasteiger partial charge is 0.0608 e. The summed E-state index contributed by atoms with van der Waals surface area (Å²) in [6.45, 7) is 4.18. The highest BCUT2D eigenvalue weighted by atomic mass is 32.2. The summed E-state index contributed by atoms with van der Waals surface area (Å²) in [5.74, 6) is 2.28. The number of aliphatic hydroxyl groups excluding tert-OH is 1. The third-order valence-corrected chi connectivity index (χ3v) is 2.89. The summed E-state index contributed by atoms with van der Waals surface area (Å²) in [7, 11) is 0. The lowest BCUT2D eigenvalue weighted by molar-refractivity contribution is 0.206. The van der Waals surface area contributed by atoms with Gasteiger partial charge in [0, 0.05) is 5.54 Å². The highest BCUT2D eigenvalue weighted by molar-refractivity contribution is 7.99. The summed E-state index contributed by atoms with van der Waals surface area (Å²) in [6.07, 6.45) is 3.44. The number of nitrogens with two attached hydrogens (primary N) is 1. The van der Waals surface area contributed by atoms with Gasteiger partial charge in [-0.25, -0.2) is 0 Å². The molecule has 0 aliphatic heterocycles. The van der Waals surface area contributed by atoms with Crippen LogP contribution in [0.25, 0.3) is 0 Å². The maximum Gasteiger partial charge on any atom is 0.0608 e. The molecule has 0 amide bonds. The quantitative estimate of drug-likeness (QED) is 0.601. The van der Waals surface area contributed by atoms with Crippen molar-refractivity contribution in [2.24, 2.45) is 5.73 Å². The molecule has 1 unspecified atom stereocenters. The molecule has 0 aromatic heterocycles. The molecule has 0 aromatic rings. The van der Waals surface area contributed by atoms with E-state index in [0.717, 1.165) is 12.2 Å². The lowest BCUT2D eigenvalue weighted by Crippen LogP contribution is -2.40. The standard InChI is InChI=1S/C9H21NOS/c1-3-4-6-12-7-5-9(2,10)8-11/h11H,3-8,10H2,1-2H3. The van der Waals surface area contributed by atoms with E-state index in [9.17, 15) is 0 Å². The zero-order valence-electron chi connectivity index (χ0n) is 8.18. The molecule has 0 aromatic carbocycles. The van der Waals surface area contributed by atoms with Gasteiger partial charge < -0.3 is 10.8 Å². The third-order valence-electron chi connectivity index (χ3n) is 1.82. The van der Waals surface area contributed by atoms with E-state index in [0.29, 0.717) is 0 Å². The first-order chi connectivity index (χ1) is 5.62. The molecule has 0 aliphatic carbocycles. The molecule has 0 rings (SSSR count). The second-order valence-electron chi connectivity index (χ2n) is 3.53. The van der Waals surface area contributed by atoms with Crippen molar-refractivity contribution in [1.82, 2.24) is 0 Å². The molecule has 1 atom stereocenters. The summed E-state index contributed by atoms with van der Waals surface area (Å²) < 4.78 is 0.